The summed E-state index contributed by atoms with van der Waals surface area (Å²) in [4.78, 5) is 15.5. The van der Waals surface area contributed by atoms with Crippen molar-refractivity contribution in [2.24, 2.45) is 0 Å². The number of carbonyl (C=O) groups is 1. The van der Waals surface area contributed by atoms with Gasteiger partial charge in [0.15, 0.2) is 0 Å². The summed E-state index contributed by atoms with van der Waals surface area (Å²) in [5.41, 5.74) is 0.272. The third-order valence-corrected chi connectivity index (χ3v) is 3.82. The van der Waals surface area contributed by atoms with Crippen molar-refractivity contribution < 1.29 is 9.00 Å². The Morgan fingerprint density at radius 3 is 2.88 bits per heavy atom. The van der Waals surface area contributed by atoms with E-state index in [-0.39, 0.29) is 21.6 Å². The molecule has 0 fully saturated rings. The molecular formula is C10H12Cl2N2O2S. The van der Waals surface area contributed by atoms with Gasteiger partial charge in [0.05, 0.1) is 10.6 Å². The molecule has 1 heterocycles. The molecule has 1 N–H and O–H groups in total. The van der Waals surface area contributed by atoms with Crippen LogP contribution in [-0.4, -0.2) is 33.2 Å². The van der Waals surface area contributed by atoms with E-state index in [1.54, 1.807) is 0 Å². The molecule has 17 heavy (non-hydrogen) atoms. The van der Waals surface area contributed by atoms with E-state index in [1.807, 2.05) is 6.92 Å². The van der Waals surface area contributed by atoms with Gasteiger partial charge in [0.1, 0.15) is 5.15 Å². The maximum atomic E-state index is 11.7. The Kier molecular flexibility index (Phi) is 5.88. The molecule has 0 saturated carbocycles. The van der Waals surface area contributed by atoms with Crippen LogP contribution < -0.4 is 5.32 Å². The highest BCUT2D eigenvalue weighted by atomic mass is 35.5. The van der Waals surface area contributed by atoms with Crippen molar-refractivity contribution in [2.45, 2.75) is 6.92 Å². The van der Waals surface area contributed by atoms with Gasteiger partial charge in [-0.15, -0.1) is 0 Å². The molecular weight excluding hydrogens is 283 g/mol. The summed E-state index contributed by atoms with van der Waals surface area (Å²) in [6.07, 6.45) is 1.32. The van der Waals surface area contributed by atoms with E-state index in [2.05, 4.69) is 10.3 Å². The number of nitrogens with one attached hydrogen (secondary N) is 1. The Morgan fingerprint density at radius 2 is 2.24 bits per heavy atom. The number of carbonyl (C=O) groups excluding carboxylic acids is 1. The van der Waals surface area contributed by atoms with E-state index < -0.39 is 10.8 Å². The molecule has 1 aromatic heterocycles. The molecule has 0 aliphatic rings. The first-order chi connectivity index (χ1) is 8.04. The van der Waals surface area contributed by atoms with Crippen molar-refractivity contribution in [3.63, 3.8) is 0 Å². The van der Waals surface area contributed by atoms with Crippen molar-refractivity contribution >= 4 is 39.9 Å². The topological polar surface area (TPSA) is 59.1 Å². The zero-order valence-corrected chi connectivity index (χ0v) is 11.5. The highest BCUT2D eigenvalue weighted by Gasteiger charge is 2.11. The van der Waals surface area contributed by atoms with Crippen LogP contribution in [0.4, 0.5) is 0 Å². The molecule has 1 amide bonds. The minimum atomic E-state index is -0.896. The molecule has 1 atom stereocenters. The normalized spacial score (nSPS) is 12.2. The summed E-state index contributed by atoms with van der Waals surface area (Å²) in [5.74, 6) is 0.670. The van der Waals surface area contributed by atoms with Gasteiger partial charge in [0, 0.05) is 35.0 Å². The number of amides is 1. The van der Waals surface area contributed by atoms with E-state index in [0.717, 1.165) is 0 Å². The third-order valence-electron chi connectivity index (χ3n) is 2.00. The lowest BCUT2D eigenvalue weighted by Gasteiger charge is -2.06. The maximum absolute atomic E-state index is 11.7. The van der Waals surface area contributed by atoms with Crippen LogP contribution in [0.2, 0.25) is 10.2 Å². The van der Waals surface area contributed by atoms with Gasteiger partial charge < -0.3 is 5.32 Å². The van der Waals surface area contributed by atoms with Crippen molar-refractivity contribution in [3.05, 3.63) is 28.0 Å². The summed E-state index contributed by atoms with van der Waals surface area (Å²) < 4.78 is 11.2. The standard InChI is InChI=1S/C10H12Cl2N2O2S/c1-2-17(16)4-3-13-10(15)7-5-9(12)14-6-8(7)11/h5-6H,2-4H2,1H3,(H,13,15). The largest absolute Gasteiger partial charge is 0.351 e. The monoisotopic (exact) mass is 294 g/mol. The molecule has 1 aromatic rings. The minimum absolute atomic E-state index is 0.205. The highest BCUT2D eigenvalue weighted by Crippen LogP contribution is 2.17. The predicted octanol–water partition coefficient (Wildman–Crippen LogP) is 1.89. The minimum Gasteiger partial charge on any atom is -0.351 e. The second-order valence-corrected chi connectivity index (χ2v) is 5.84. The van der Waals surface area contributed by atoms with Crippen molar-refractivity contribution in [2.75, 3.05) is 18.1 Å². The fourth-order valence-corrected chi connectivity index (χ4v) is 2.07. The second-order valence-electron chi connectivity index (χ2n) is 3.18. The van der Waals surface area contributed by atoms with Gasteiger partial charge in [-0.1, -0.05) is 30.1 Å². The van der Waals surface area contributed by atoms with Gasteiger partial charge in [-0.2, -0.15) is 0 Å². The Bertz CT molecular complexity index is 440. The fraction of sp³-hybridized carbons (Fsp3) is 0.400. The Balaban J connectivity index is 2.58. The first-order valence-corrected chi connectivity index (χ1v) is 7.23. The average Bonchev–Trinajstić information content (AvgIpc) is 2.31. The van der Waals surface area contributed by atoms with Crippen molar-refractivity contribution in [3.8, 4) is 0 Å². The lowest BCUT2D eigenvalue weighted by molar-refractivity contribution is 0.0956. The van der Waals surface area contributed by atoms with Crippen LogP contribution in [0, 0.1) is 0 Å². The smallest absolute Gasteiger partial charge is 0.252 e. The van der Waals surface area contributed by atoms with Crippen LogP contribution in [0.1, 0.15) is 17.3 Å². The van der Waals surface area contributed by atoms with E-state index in [0.29, 0.717) is 18.1 Å². The number of hydrogen-bond donors (Lipinski definition) is 1. The number of halogens is 2. The summed E-state index contributed by atoms with van der Waals surface area (Å²) in [7, 11) is -0.896. The number of rotatable bonds is 5. The molecule has 0 radical (unpaired) electrons. The average molecular weight is 295 g/mol. The van der Waals surface area contributed by atoms with E-state index >= 15 is 0 Å². The molecule has 7 heteroatoms. The predicted molar refractivity (Wildman–Crippen MR) is 70.1 cm³/mol. The molecule has 94 valence electrons. The van der Waals surface area contributed by atoms with Gasteiger partial charge in [-0.25, -0.2) is 4.98 Å². The van der Waals surface area contributed by atoms with Crippen LogP contribution in [0.3, 0.4) is 0 Å². The highest BCUT2D eigenvalue weighted by molar-refractivity contribution is 7.84. The van der Waals surface area contributed by atoms with Crippen molar-refractivity contribution in [1.29, 1.82) is 0 Å². The number of nitrogens with zero attached hydrogens (tertiary/aromatic N) is 1. The molecule has 0 bridgehead atoms. The lowest BCUT2D eigenvalue weighted by Crippen LogP contribution is -2.28. The molecule has 0 saturated heterocycles. The maximum Gasteiger partial charge on any atom is 0.252 e. The van der Waals surface area contributed by atoms with E-state index in [9.17, 15) is 9.00 Å². The van der Waals surface area contributed by atoms with E-state index in [4.69, 9.17) is 23.2 Å². The molecule has 4 nitrogen and oxygen atoms in total. The third kappa shape index (κ3) is 4.61. The van der Waals surface area contributed by atoms with Gasteiger partial charge in [0.2, 0.25) is 0 Å². The summed E-state index contributed by atoms with van der Waals surface area (Å²) in [5, 5.41) is 3.07. The molecule has 1 unspecified atom stereocenters. The first-order valence-electron chi connectivity index (χ1n) is 4.98. The Morgan fingerprint density at radius 1 is 1.53 bits per heavy atom. The van der Waals surface area contributed by atoms with Gasteiger partial charge in [0.25, 0.3) is 5.91 Å². The fourth-order valence-electron chi connectivity index (χ4n) is 1.11. The number of hydrogen-bond acceptors (Lipinski definition) is 3. The quantitative estimate of drug-likeness (QED) is 0.844. The molecule has 0 aromatic carbocycles. The van der Waals surface area contributed by atoms with Gasteiger partial charge >= 0.3 is 0 Å². The van der Waals surface area contributed by atoms with Crippen LogP contribution >= 0.6 is 23.2 Å². The molecule has 0 spiro atoms. The summed E-state index contributed by atoms with van der Waals surface area (Å²) in [6, 6.07) is 1.40. The second kappa shape index (κ2) is 6.93. The molecule has 0 aliphatic carbocycles. The van der Waals surface area contributed by atoms with Crippen LogP contribution in [-0.2, 0) is 10.8 Å². The zero-order valence-electron chi connectivity index (χ0n) is 9.20. The van der Waals surface area contributed by atoms with Crippen LogP contribution in [0.15, 0.2) is 12.3 Å². The Hall–Kier alpha value is -0.650. The zero-order chi connectivity index (χ0) is 12.8. The lowest BCUT2D eigenvalue weighted by atomic mass is 10.2. The molecule has 1 rings (SSSR count). The number of aromatic nitrogens is 1. The molecule has 0 aliphatic heterocycles. The van der Waals surface area contributed by atoms with Gasteiger partial charge in [-0.3, -0.25) is 9.00 Å². The number of pyridine rings is 1. The Labute approximate surface area is 112 Å². The van der Waals surface area contributed by atoms with Crippen molar-refractivity contribution in [1.82, 2.24) is 10.3 Å². The summed E-state index contributed by atoms with van der Waals surface area (Å²) >= 11 is 11.5. The first kappa shape index (κ1) is 14.4. The van der Waals surface area contributed by atoms with Crippen LogP contribution in [0.5, 0.6) is 0 Å². The SMILES string of the molecule is CCS(=O)CCNC(=O)c1cc(Cl)ncc1Cl. The van der Waals surface area contributed by atoms with E-state index in [1.165, 1.54) is 12.3 Å². The van der Waals surface area contributed by atoms with Crippen LogP contribution in [0.25, 0.3) is 0 Å². The van der Waals surface area contributed by atoms with Gasteiger partial charge in [-0.05, 0) is 6.07 Å². The summed E-state index contributed by atoms with van der Waals surface area (Å²) in [6.45, 7) is 2.17.